The molecule has 3 nitrogen and oxygen atoms in total. The predicted octanol–water partition coefficient (Wildman–Crippen LogP) is 7.13. The van der Waals surface area contributed by atoms with Crippen molar-refractivity contribution >= 4 is 11.3 Å². The fourth-order valence-electron chi connectivity index (χ4n) is 7.64. The Morgan fingerprint density at radius 1 is 1.15 bits per heavy atom. The summed E-state index contributed by atoms with van der Waals surface area (Å²) in [4.78, 5) is 1.18. The summed E-state index contributed by atoms with van der Waals surface area (Å²) in [5.41, 5.74) is 4.50. The molecule has 7 atom stereocenters. The Balaban J connectivity index is 1.35. The van der Waals surface area contributed by atoms with E-state index in [0.29, 0.717) is 36.5 Å². The molecule has 1 aromatic heterocycles. The molecule has 0 radical (unpaired) electrons. The molecule has 1 heterocycles. The van der Waals surface area contributed by atoms with Crippen LogP contribution >= 0.6 is 11.3 Å². The van der Waals surface area contributed by atoms with Crippen molar-refractivity contribution < 1.29 is 15.3 Å². The third-order valence-electron chi connectivity index (χ3n) is 9.40. The fraction of sp³-hybridized carbons (Fsp3) is 0.733. The van der Waals surface area contributed by atoms with Gasteiger partial charge in [0.1, 0.15) is 0 Å². The highest BCUT2D eigenvalue weighted by Crippen LogP contribution is 2.60. The van der Waals surface area contributed by atoms with Gasteiger partial charge in [-0.25, -0.2) is 0 Å². The zero-order valence-electron chi connectivity index (χ0n) is 21.5. The molecule has 3 fully saturated rings. The smallest absolute Gasteiger partial charge is 0.0884 e. The maximum Gasteiger partial charge on any atom is 0.0884 e. The summed E-state index contributed by atoms with van der Waals surface area (Å²) in [6.45, 7) is 7.18. The van der Waals surface area contributed by atoms with E-state index in [0.717, 1.165) is 25.2 Å². The first-order chi connectivity index (χ1) is 16.3. The van der Waals surface area contributed by atoms with Crippen LogP contribution in [-0.2, 0) is 6.42 Å². The number of thiophene rings is 1. The normalized spacial score (nSPS) is 34.8. The lowest BCUT2D eigenvalue weighted by Crippen LogP contribution is -2.36. The number of aliphatic hydroxyl groups excluding tert-OH is 3. The molecule has 190 valence electrons. The first-order valence-electron chi connectivity index (χ1n) is 13.8. The average molecular weight is 487 g/mol. The minimum Gasteiger partial charge on any atom is -0.393 e. The van der Waals surface area contributed by atoms with Crippen molar-refractivity contribution in [3.63, 3.8) is 0 Å². The van der Waals surface area contributed by atoms with Crippen molar-refractivity contribution in [3.05, 3.63) is 45.2 Å². The van der Waals surface area contributed by atoms with Gasteiger partial charge >= 0.3 is 0 Å². The minimum atomic E-state index is -0.395. The molecule has 1 aromatic rings. The second kappa shape index (κ2) is 11.4. The topological polar surface area (TPSA) is 60.7 Å². The highest BCUT2D eigenvalue weighted by molar-refractivity contribution is 7.10. The molecule has 0 saturated heterocycles. The molecule has 0 amide bonds. The number of allylic oxidation sites excluding steroid dienone is 3. The van der Waals surface area contributed by atoms with E-state index >= 15 is 0 Å². The minimum absolute atomic E-state index is 0.303. The summed E-state index contributed by atoms with van der Waals surface area (Å²) < 4.78 is 0. The third kappa shape index (κ3) is 5.72. The zero-order chi connectivity index (χ0) is 24.3. The molecule has 3 saturated carbocycles. The maximum absolute atomic E-state index is 10.7. The number of rotatable bonds is 8. The standard InChI is InChI=1S/C30H46O3S/c1-4-22-14-16-34-29(22)28(33)9-5-7-20(2)26-12-13-27-23(8-6-15-30(26,27)3)11-10-21-17-24(31)19-25(32)18-21/h10-11,14,16,20,24-28,31-33H,4-9,12-13,15,17-19H2,1-3H3/b23-11+/t20-,24-,25-,26-,27+,28+,30-/m1/s1. The van der Waals surface area contributed by atoms with Gasteiger partial charge in [0, 0.05) is 4.88 Å². The van der Waals surface area contributed by atoms with Crippen molar-refractivity contribution in [1.29, 1.82) is 0 Å². The molecule has 3 aliphatic rings. The molecule has 3 N–H and O–H groups in total. The van der Waals surface area contributed by atoms with E-state index in [1.165, 1.54) is 54.5 Å². The van der Waals surface area contributed by atoms with Gasteiger partial charge in [-0.2, -0.15) is 0 Å². The Hall–Kier alpha value is -0.940. The molecular weight excluding hydrogens is 440 g/mol. The SMILES string of the molecule is CCc1ccsc1[C@@H](O)CCC[C@@H](C)[C@H]1CC[C@H]2/C(=C/C=C3C[C@@H](O)C[C@H](O)C3)CCC[C@]12C. The van der Waals surface area contributed by atoms with Crippen LogP contribution in [0.25, 0.3) is 0 Å². The summed E-state index contributed by atoms with van der Waals surface area (Å²) >= 11 is 1.71. The van der Waals surface area contributed by atoms with Crippen molar-refractivity contribution in [1.82, 2.24) is 0 Å². The molecule has 0 bridgehead atoms. The highest BCUT2D eigenvalue weighted by atomic mass is 32.1. The second-order valence-corrected chi connectivity index (χ2v) is 12.6. The number of fused-ring (bicyclic) bond motifs is 1. The van der Waals surface area contributed by atoms with Crippen LogP contribution in [0.2, 0.25) is 0 Å². The molecule has 0 aliphatic heterocycles. The number of aliphatic hydroxyl groups is 3. The number of aryl methyl sites for hydroxylation is 1. The Labute approximate surface area is 211 Å². The van der Waals surface area contributed by atoms with Gasteiger partial charge in [0.05, 0.1) is 18.3 Å². The largest absolute Gasteiger partial charge is 0.393 e. The van der Waals surface area contributed by atoms with Gasteiger partial charge in [-0.15, -0.1) is 11.3 Å². The molecule has 0 spiro atoms. The van der Waals surface area contributed by atoms with E-state index in [1.54, 1.807) is 16.9 Å². The van der Waals surface area contributed by atoms with E-state index in [1.807, 2.05) is 0 Å². The number of hydrogen-bond donors (Lipinski definition) is 3. The summed E-state index contributed by atoms with van der Waals surface area (Å²) in [6.07, 6.45) is 16.0. The first-order valence-corrected chi connectivity index (χ1v) is 14.7. The molecule has 3 aliphatic carbocycles. The van der Waals surface area contributed by atoms with Gasteiger partial charge in [-0.1, -0.05) is 56.9 Å². The maximum atomic E-state index is 10.7. The van der Waals surface area contributed by atoms with Gasteiger partial charge in [-0.05, 0) is 104 Å². The van der Waals surface area contributed by atoms with Crippen LogP contribution in [0, 0.1) is 23.2 Å². The van der Waals surface area contributed by atoms with Gasteiger partial charge in [0.15, 0.2) is 0 Å². The Bertz CT molecular complexity index is 858. The van der Waals surface area contributed by atoms with Crippen LogP contribution < -0.4 is 0 Å². The lowest BCUT2D eigenvalue weighted by Gasteiger charge is -2.44. The van der Waals surface area contributed by atoms with Crippen LogP contribution in [0.5, 0.6) is 0 Å². The quantitative estimate of drug-likeness (QED) is 0.366. The van der Waals surface area contributed by atoms with Crippen LogP contribution in [0.15, 0.2) is 34.7 Å². The molecule has 34 heavy (non-hydrogen) atoms. The van der Waals surface area contributed by atoms with E-state index in [2.05, 4.69) is 44.4 Å². The zero-order valence-corrected chi connectivity index (χ0v) is 22.3. The first kappa shape index (κ1) is 26.1. The molecule has 0 aromatic carbocycles. The average Bonchev–Trinajstić information content (AvgIpc) is 3.41. The second-order valence-electron chi connectivity index (χ2n) is 11.7. The van der Waals surface area contributed by atoms with Crippen LogP contribution in [0.3, 0.4) is 0 Å². The van der Waals surface area contributed by atoms with E-state index in [4.69, 9.17) is 0 Å². The Kier molecular flexibility index (Phi) is 8.77. The van der Waals surface area contributed by atoms with E-state index < -0.39 is 12.2 Å². The fourth-order valence-corrected chi connectivity index (χ4v) is 8.66. The van der Waals surface area contributed by atoms with Crippen molar-refractivity contribution in [2.75, 3.05) is 0 Å². The molecule has 0 unspecified atom stereocenters. The van der Waals surface area contributed by atoms with Crippen LogP contribution in [0.4, 0.5) is 0 Å². The van der Waals surface area contributed by atoms with Gasteiger partial charge < -0.3 is 15.3 Å². The lowest BCUT2D eigenvalue weighted by atomic mass is 9.60. The Morgan fingerprint density at radius 2 is 1.91 bits per heavy atom. The van der Waals surface area contributed by atoms with Gasteiger partial charge in [-0.3, -0.25) is 0 Å². The Morgan fingerprint density at radius 3 is 2.65 bits per heavy atom. The van der Waals surface area contributed by atoms with E-state index in [-0.39, 0.29) is 6.10 Å². The molecule has 4 heteroatoms. The summed E-state index contributed by atoms with van der Waals surface area (Å²) in [6, 6.07) is 2.16. The summed E-state index contributed by atoms with van der Waals surface area (Å²) in [5.74, 6) is 2.13. The van der Waals surface area contributed by atoms with Crippen LogP contribution in [0.1, 0.15) is 108 Å². The van der Waals surface area contributed by atoms with Gasteiger partial charge in [0.2, 0.25) is 0 Å². The molecule has 4 rings (SSSR count). The van der Waals surface area contributed by atoms with Crippen LogP contribution in [-0.4, -0.2) is 27.5 Å². The monoisotopic (exact) mass is 486 g/mol. The van der Waals surface area contributed by atoms with Crippen molar-refractivity contribution in [2.24, 2.45) is 23.2 Å². The van der Waals surface area contributed by atoms with Crippen molar-refractivity contribution in [2.45, 2.75) is 116 Å². The predicted molar refractivity (Wildman–Crippen MR) is 142 cm³/mol. The van der Waals surface area contributed by atoms with E-state index in [9.17, 15) is 15.3 Å². The molecular formula is C30H46O3S. The highest BCUT2D eigenvalue weighted by Gasteiger charge is 2.50. The third-order valence-corrected chi connectivity index (χ3v) is 10.5. The van der Waals surface area contributed by atoms with Crippen molar-refractivity contribution in [3.8, 4) is 0 Å². The number of hydrogen-bond acceptors (Lipinski definition) is 4. The summed E-state index contributed by atoms with van der Waals surface area (Å²) in [5, 5.41) is 32.9. The van der Waals surface area contributed by atoms with Gasteiger partial charge in [0.25, 0.3) is 0 Å². The lowest BCUT2D eigenvalue weighted by molar-refractivity contribution is 0.0609. The summed E-state index contributed by atoms with van der Waals surface area (Å²) in [7, 11) is 0.